The van der Waals surface area contributed by atoms with E-state index in [-0.39, 0.29) is 5.92 Å². The fourth-order valence-corrected chi connectivity index (χ4v) is 5.34. The molecule has 0 spiro atoms. The van der Waals surface area contributed by atoms with Crippen molar-refractivity contribution in [3.63, 3.8) is 0 Å². The summed E-state index contributed by atoms with van der Waals surface area (Å²) in [4.78, 5) is 18.7. The van der Waals surface area contributed by atoms with Gasteiger partial charge in [0.15, 0.2) is 0 Å². The van der Waals surface area contributed by atoms with Gasteiger partial charge in [-0.15, -0.1) is 11.8 Å². The highest BCUT2D eigenvalue weighted by atomic mass is 32.2. The van der Waals surface area contributed by atoms with E-state index in [9.17, 15) is 9.90 Å². The number of carboxylic acids is 1. The molecule has 0 radical (unpaired) electrons. The van der Waals surface area contributed by atoms with Crippen LogP contribution in [0.4, 0.5) is 5.69 Å². The minimum Gasteiger partial charge on any atom is -0.481 e. The zero-order chi connectivity index (χ0) is 17.0. The van der Waals surface area contributed by atoms with E-state index in [1.54, 1.807) is 0 Å². The number of aliphatic carboxylic acids is 1. The predicted molar refractivity (Wildman–Crippen MR) is 101 cm³/mol. The van der Waals surface area contributed by atoms with Crippen LogP contribution in [0.2, 0.25) is 0 Å². The van der Waals surface area contributed by atoms with Crippen molar-refractivity contribution in [1.29, 1.82) is 0 Å². The number of anilines is 1. The molecule has 0 fully saturated rings. The molecule has 3 unspecified atom stereocenters. The van der Waals surface area contributed by atoms with Gasteiger partial charge in [-0.3, -0.25) is 4.79 Å². The third kappa shape index (κ3) is 2.29. The summed E-state index contributed by atoms with van der Waals surface area (Å²) in [6, 6.07) is 8.51. The maximum Gasteiger partial charge on any atom is 0.310 e. The molecule has 4 aliphatic rings. The maximum atomic E-state index is 11.4. The molecule has 1 N–H and O–H groups in total. The Kier molecular flexibility index (Phi) is 3.38. The largest absolute Gasteiger partial charge is 0.481 e. The van der Waals surface area contributed by atoms with E-state index in [1.165, 1.54) is 16.8 Å². The van der Waals surface area contributed by atoms with E-state index < -0.39 is 11.9 Å². The summed E-state index contributed by atoms with van der Waals surface area (Å²) in [6.45, 7) is 0.945. The number of carboxylic acid groups (broad SMARTS) is 1. The topological polar surface area (TPSA) is 52.9 Å². The highest BCUT2D eigenvalue weighted by Gasteiger charge is 2.41. The summed E-state index contributed by atoms with van der Waals surface area (Å²) in [7, 11) is 0. The third-order valence-electron chi connectivity index (χ3n) is 5.43. The van der Waals surface area contributed by atoms with Crippen molar-refractivity contribution in [2.45, 2.75) is 18.1 Å². The number of fused-ring (bicyclic) bond motifs is 3. The van der Waals surface area contributed by atoms with Gasteiger partial charge in [-0.25, -0.2) is 4.99 Å². The van der Waals surface area contributed by atoms with E-state index in [0.29, 0.717) is 11.7 Å². The Morgan fingerprint density at radius 1 is 1.28 bits per heavy atom. The van der Waals surface area contributed by atoms with Crippen LogP contribution in [0.5, 0.6) is 0 Å². The first-order valence-electron chi connectivity index (χ1n) is 8.62. The average molecular weight is 350 g/mol. The number of thioether (sulfide) groups is 1. The Balaban J connectivity index is 1.58. The van der Waals surface area contributed by atoms with Crippen LogP contribution in [0, 0.1) is 11.8 Å². The normalized spacial score (nSPS) is 29.4. The summed E-state index contributed by atoms with van der Waals surface area (Å²) >= 11 is 1.82. The zero-order valence-electron chi connectivity index (χ0n) is 13.6. The monoisotopic (exact) mass is 350 g/mol. The smallest absolute Gasteiger partial charge is 0.310 e. The Morgan fingerprint density at radius 3 is 3.04 bits per heavy atom. The second-order valence-electron chi connectivity index (χ2n) is 6.82. The lowest BCUT2D eigenvalue weighted by molar-refractivity contribution is -0.140. The summed E-state index contributed by atoms with van der Waals surface area (Å²) < 4.78 is 0. The molecule has 1 aromatic carbocycles. The fraction of sp³-hybridized carbons (Fsp3) is 0.300. The first kappa shape index (κ1) is 15.0. The van der Waals surface area contributed by atoms with Gasteiger partial charge < -0.3 is 10.0 Å². The molecule has 3 aliphatic heterocycles. The number of hydrogen-bond donors (Lipinski definition) is 1. The summed E-state index contributed by atoms with van der Waals surface area (Å²) in [5, 5.41) is 11.9. The fourth-order valence-electron chi connectivity index (χ4n) is 4.17. The lowest BCUT2D eigenvalue weighted by atomic mass is 9.85. The number of rotatable bonds is 1. The minimum absolute atomic E-state index is 0.265. The number of hydrogen-bond acceptors (Lipinski definition) is 4. The number of carbonyl (C=O) groups is 1. The average Bonchev–Trinajstić information content (AvgIpc) is 3.28. The van der Waals surface area contributed by atoms with Crippen molar-refractivity contribution in [3.8, 4) is 0 Å². The molecule has 0 amide bonds. The van der Waals surface area contributed by atoms with Crippen LogP contribution >= 0.6 is 11.8 Å². The number of benzene rings is 1. The molecule has 1 aliphatic carbocycles. The van der Waals surface area contributed by atoms with Crippen LogP contribution in [-0.2, 0) is 11.2 Å². The zero-order valence-corrected chi connectivity index (χ0v) is 14.4. The van der Waals surface area contributed by atoms with E-state index in [0.717, 1.165) is 24.5 Å². The Morgan fingerprint density at radius 2 is 2.16 bits per heavy atom. The SMILES string of the molecule is O=C(O)C1C=CC2=C(C1)N=C(N1CCc3ccccc31)C1C=CSC21. The van der Waals surface area contributed by atoms with Crippen LogP contribution in [0.15, 0.2) is 64.2 Å². The third-order valence-corrected chi connectivity index (χ3v) is 6.58. The molecule has 0 saturated carbocycles. The molecule has 5 rings (SSSR count). The number of aliphatic imine (C=N–C) groups is 1. The Bertz CT molecular complexity index is 883. The molecular weight excluding hydrogens is 332 g/mol. The Hall–Kier alpha value is -2.27. The van der Waals surface area contributed by atoms with E-state index in [1.807, 2.05) is 23.9 Å². The molecule has 3 heterocycles. The van der Waals surface area contributed by atoms with Crippen molar-refractivity contribution in [3.05, 3.63) is 64.7 Å². The summed E-state index contributed by atoms with van der Waals surface area (Å²) in [5.74, 6) is 0.103. The molecule has 5 heteroatoms. The van der Waals surface area contributed by atoms with Gasteiger partial charge in [0.05, 0.1) is 11.8 Å². The van der Waals surface area contributed by atoms with Crippen LogP contribution in [0.1, 0.15) is 12.0 Å². The van der Waals surface area contributed by atoms with Gasteiger partial charge in [0.2, 0.25) is 0 Å². The summed E-state index contributed by atoms with van der Waals surface area (Å²) in [6.07, 6.45) is 7.59. The van der Waals surface area contributed by atoms with Crippen LogP contribution in [-0.4, -0.2) is 28.7 Å². The number of allylic oxidation sites excluding steroid dienone is 2. The van der Waals surface area contributed by atoms with E-state index >= 15 is 0 Å². The lowest BCUT2D eigenvalue weighted by Gasteiger charge is -2.35. The second-order valence-corrected chi connectivity index (χ2v) is 7.87. The van der Waals surface area contributed by atoms with E-state index in [2.05, 4.69) is 40.6 Å². The van der Waals surface area contributed by atoms with Gasteiger partial charge in [0, 0.05) is 29.6 Å². The van der Waals surface area contributed by atoms with Crippen LogP contribution in [0.3, 0.4) is 0 Å². The van der Waals surface area contributed by atoms with Crippen LogP contribution < -0.4 is 4.90 Å². The highest BCUT2D eigenvalue weighted by molar-refractivity contribution is 8.03. The van der Waals surface area contributed by atoms with E-state index in [4.69, 9.17) is 4.99 Å². The quantitative estimate of drug-likeness (QED) is 0.840. The van der Waals surface area contributed by atoms with Gasteiger partial charge in [-0.05, 0) is 29.0 Å². The van der Waals surface area contributed by atoms with Crippen molar-refractivity contribution < 1.29 is 9.90 Å². The highest BCUT2D eigenvalue weighted by Crippen LogP contribution is 2.45. The molecule has 1 aromatic rings. The van der Waals surface area contributed by atoms with Gasteiger partial charge >= 0.3 is 5.97 Å². The molecule has 0 aromatic heterocycles. The standard InChI is InChI=1S/C20H18N2O2S/c23-20(24)13-5-6-14-16(11-13)21-19(15-8-10-25-18(14)15)22-9-7-12-3-1-2-4-17(12)22/h1-6,8,10,13,15,18H,7,9,11H2,(H,23,24). The van der Waals surface area contributed by atoms with Gasteiger partial charge in [-0.2, -0.15) is 0 Å². The second kappa shape index (κ2) is 5.63. The first-order valence-corrected chi connectivity index (χ1v) is 9.57. The number of nitrogens with zero attached hydrogens (tertiary/aromatic N) is 2. The molecule has 3 atom stereocenters. The first-order chi connectivity index (χ1) is 12.2. The van der Waals surface area contributed by atoms with Gasteiger partial charge in [0.1, 0.15) is 5.84 Å². The number of para-hydroxylation sites is 1. The molecule has 25 heavy (non-hydrogen) atoms. The minimum atomic E-state index is -0.773. The van der Waals surface area contributed by atoms with Crippen molar-refractivity contribution in [2.24, 2.45) is 16.8 Å². The predicted octanol–water partition coefficient (Wildman–Crippen LogP) is 3.62. The van der Waals surface area contributed by atoms with Gasteiger partial charge in [0.25, 0.3) is 0 Å². The lowest BCUT2D eigenvalue weighted by Crippen LogP contribution is -2.41. The summed E-state index contributed by atoms with van der Waals surface area (Å²) in [5.41, 5.74) is 4.76. The number of amidine groups is 1. The maximum absolute atomic E-state index is 11.4. The molecule has 126 valence electrons. The van der Waals surface area contributed by atoms with Crippen LogP contribution in [0.25, 0.3) is 0 Å². The molecule has 4 nitrogen and oxygen atoms in total. The van der Waals surface area contributed by atoms with Crippen molar-refractivity contribution in [2.75, 3.05) is 11.4 Å². The van der Waals surface area contributed by atoms with Crippen molar-refractivity contribution >= 4 is 29.3 Å². The molecular formula is C20H18N2O2S. The molecule has 0 bridgehead atoms. The van der Waals surface area contributed by atoms with Gasteiger partial charge in [-0.1, -0.05) is 36.4 Å². The molecule has 0 saturated heterocycles. The van der Waals surface area contributed by atoms with Crippen molar-refractivity contribution in [1.82, 2.24) is 0 Å². The Labute approximate surface area is 150 Å².